The lowest BCUT2D eigenvalue weighted by atomic mass is 10.1. The fraction of sp³-hybridized carbons (Fsp3) is 0.231. The molecule has 1 N–H and O–H groups in total. The molecule has 0 aliphatic heterocycles. The fourth-order valence-electron chi connectivity index (χ4n) is 1.61. The van der Waals surface area contributed by atoms with Crippen LogP contribution in [0.4, 0.5) is 0 Å². The zero-order valence-corrected chi connectivity index (χ0v) is 14.3. The molecule has 134 valence electrons. The number of nitrogens with zero attached hydrogens (tertiary/aromatic N) is 4. The van der Waals surface area contributed by atoms with Crippen LogP contribution < -0.4 is 9.46 Å². The number of carbonyl (C=O) groups is 1. The number of rotatable bonds is 7. The Hall–Kier alpha value is -2.99. The average Bonchev–Trinajstić information content (AvgIpc) is 3.06. The minimum absolute atomic E-state index is 0.139. The molecule has 0 saturated heterocycles. The van der Waals surface area contributed by atoms with Crippen LogP contribution in [0.3, 0.4) is 0 Å². The van der Waals surface area contributed by atoms with Crippen molar-refractivity contribution < 1.29 is 27.3 Å². The normalized spacial score (nSPS) is 12.1. The molecule has 0 unspecified atom stereocenters. The van der Waals surface area contributed by atoms with E-state index in [9.17, 15) is 13.2 Å². The Morgan fingerprint density at radius 3 is 2.64 bits per heavy atom. The van der Waals surface area contributed by atoms with E-state index in [1.165, 1.54) is 33.3 Å². The minimum atomic E-state index is -4.02. The van der Waals surface area contributed by atoms with E-state index in [1.807, 2.05) is 4.72 Å². The predicted octanol–water partition coefficient (Wildman–Crippen LogP) is 0.135. The average molecular weight is 369 g/mol. The smallest absolute Gasteiger partial charge is 0.409 e. The lowest BCUT2D eigenvalue weighted by molar-refractivity contribution is -0.113. The summed E-state index contributed by atoms with van der Waals surface area (Å²) in [6.45, 7) is 0. The Bertz CT molecular complexity index is 863. The zero-order chi connectivity index (χ0) is 18.4. The number of carbonyl (C=O) groups excluding carboxylic acids is 1. The second kappa shape index (κ2) is 7.72. The minimum Gasteiger partial charge on any atom is -0.409 e. The van der Waals surface area contributed by atoms with Gasteiger partial charge >= 0.3 is 16.3 Å². The number of nitrogens with one attached hydrogen (secondary N) is 1. The first-order valence-corrected chi connectivity index (χ1v) is 8.19. The first-order valence-electron chi connectivity index (χ1n) is 6.75. The van der Waals surface area contributed by atoms with Gasteiger partial charge in [0.2, 0.25) is 0 Å². The maximum absolute atomic E-state index is 12.4. The van der Waals surface area contributed by atoms with E-state index in [0.29, 0.717) is 0 Å². The summed E-state index contributed by atoms with van der Waals surface area (Å²) in [5, 5.41) is 7.00. The highest BCUT2D eigenvalue weighted by Gasteiger charge is 2.25. The van der Waals surface area contributed by atoms with Crippen LogP contribution >= 0.6 is 0 Å². The van der Waals surface area contributed by atoms with Gasteiger partial charge in [-0.1, -0.05) is 22.4 Å². The van der Waals surface area contributed by atoms with Crippen molar-refractivity contribution in [3.63, 3.8) is 0 Å². The summed E-state index contributed by atoms with van der Waals surface area (Å²) in [6, 6.07) is 6.24. The molecule has 1 amide bonds. The van der Waals surface area contributed by atoms with E-state index >= 15 is 0 Å². The highest BCUT2D eigenvalue weighted by atomic mass is 32.2. The Morgan fingerprint density at radius 2 is 2.04 bits per heavy atom. The van der Waals surface area contributed by atoms with E-state index in [-0.39, 0.29) is 23.1 Å². The number of hydrogen-bond acceptors (Lipinski definition) is 9. The van der Waals surface area contributed by atoms with Crippen LogP contribution in [-0.2, 0) is 19.8 Å². The monoisotopic (exact) mass is 369 g/mol. The molecule has 0 aliphatic rings. The molecular weight excluding hydrogens is 354 g/mol. The SMILES string of the molecule is CO/N=C(/C(=O)NS(=O)(=O)N(C)C)c1ccccc1Oc1ncno1. The molecule has 1 aromatic heterocycles. The third-order valence-corrected chi connectivity index (χ3v) is 4.19. The first-order chi connectivity index (χ1) is 11.8. The number of para-hydroxylation sites is 1. The third kappa shape index (κ3) is 4.51. The number of aromatic nitrogens is 2. The summed E-state index contributed by atoms with van der Waals surface area (Å²) in [5.41, 5.74) is -0.156. The third-order valence-electron chi connectivity index (χ3n) is 2.78. The molecule has 1 aromatic carbocycles. The van der Waals surface area contributed by atoms with E-state index in [4.69, 9.17) is 9.26 Å². The molecule has 0 atom stereocenters. The van der Waals surface area contributed by atoms with Gasteiger partial charge in [0.05, 0.1) is 5.56 Å². The van der Waals surface area contributed by atoms with Gasteiger partial charge in [0.15, 0.2) is 12.0 Å². The lowest BCUT2D eigenvalue weighted by Crippen LogP contribution is -2.43. The lowest BCUT2D eigenvalue weighted by Gasteiger charge is -2.14. The molecule has 0 bridgehead atoms. The molecule has 0 saturated carbocycles. The summed E-state index contributed by atoms with van der Waals surface area (Å²) in [7, 11) is -0.252. The molecule has 1 heterocycles. The summed E-state index contributed by atoms with van der Waals surface area (Å²) in [6.07, 6.45) is 0.976. The van der Waals surface area contributed by atoms with Crippen molar-refractivity contribution >= 4 is 21.8 Å². The van der Waals surface area contributed by atoms with Crippen LogP contribution in [0.2, 0.25) is 0 Å². The van der Waals surface area contributed by atoms with Crippen molar-refractivity contribution in [2.45, 2.75) is 0 Å². The molecule has 2 rings (SSSR count). The van der Waals surface area contributed by atoms with Gasteiger partial charge in [0, 0.05) is 14.1 Å². The van der Waals surface area contributed by atoms with Crippen molar-refractivity contribution in [1.82, 2.24) is 19.2 Å². The van der Waals surface area contributed by atoms with Gasteiger partial charge in [-0.3, -0.25) is 9.32 Å². The van der Waals surface area contributed by atoms with E-state index in [0.717, 1.165) is 10.6 Å². The first kappa shape index (κ1) is 18.4. The Morgan fingerprint density at radius 1 is 1.32 bits per heavy atom. The van der Waals surface area contributed by atoms with Gasteiger partial charge in [0.1, 0.15) is 12.9 Å². The number of ether oxygens (including phenoxy) is 1. The quantitative estimate of drug-likeness (QED) is 0.537. The maximum atomic E-state index is 12.4. The zero-order valence-electron chi connectivity index (χ0n) is 13.5. The molecule has 25 heavy (non-hydrogen) atoms. The van der Waals surface area contributed by atoms with Gasteiger partial charge in [0.25, 0.3) is 5.91 Å². The Labute approximate surface area is 143 Å². The van der Waals surface area contributed by atoms with Gasteiger partial charge in [-0.25, -0.2) is 4.72 Å². The standard InChI is InChI=1S/C13H15N5O6S/c1-18(2)25(20,21)17-12(19)11(16-22-3)9-6-4-5-7-10(9)23-13-14-8-15-24-13/h4-8H,1-3H3,(H,17,19)/b16-11+. The Kier molecular flexibility index (Phi) is 5.67. The molecular formula is C13H15N5O6S. The number of hydrogen-bond donors (Lipinski definition) is 1. The fourth-order valence-corrected chi connectivity index (χ4v) is 2.13. The molecule has 11 nitrogen and oxygen atoms in total. The molecule has 0 aliphatic carbocycles. The molecule has 2 aromatic rings. The van der Waals surface area contributed by atoms with Crippen LogP contribution in [0.5, 0.6) is 11.8 Å². The maximum Gasteiger partial charge on any atom is 0.422 e. The van der Waals surface area contributed by atoms with Crippen LogP contribution in [-0.4, -0.2) is 55.7 Å². The van der Waals surface area contributed by atoms with Crippen LogP contribution in [0, 0.1) is 0 Å². The van der Waals surface area contributed by atoms with Crippen LogP contribution in [0.15, 0.2) is 40.3 Å². The van der Waals surface area contributed by atoms with Crippen molar-refractivity contribution in [3.05, 3.63) is 36.2 Å². The van der Waals surface area contributed by atoms with Gasteiger partial charge in [-0.05, 0) is 12.1 Å². The Balaban J connectivity index is 2.38. The number of amides is 1. The van der Waals surface area contributed by atoms with Gasteiger partial charge in [-0.15, -0.1) is 0 Å². The molecule has 0 radical (unpaired) electrons. The van der Waals surface area contributed by atoms with Crippen molar-refractivity contribution in [2.24, 2.45) is 5.16 Å². The summed E-state index contributed by atoms with van der Waals surface area (Å²) in [4.78, 5) is 20.7. The van der Waals surface area contributed by atoms with Crippen LogP contribution in [0.25, 0.3) is 0 Å². The molecule has 0 fully saturated rings. The largest absolute Gasteiger partial charge is 0.422 e. The van der Waals surface area contributed by atoms with Crippen molar-refractivity contribution in [3.8, 4) is 11.8 Å². The highest BCUT2D eigenvalue weighted by molar-refractivity contribution is 7.87. The summed E-state index contributed by atoms with van der Waals surface area (Å²) in [5.74, 6) is -0.864. The highest BCUT2D eigenvalue weighted by Crippen LogP contribution is 2.24. The molecule has 0 spiro atoms. The van der Waals surface area contributed by atoms with E-state index in [2.05, 4.69) is 20.1 Å². The van der Waals surface area contributed by atoms with Gasteiger partial charge in [-0.2, -0.15) is 17.7 Å². The summed E-state index contributed by atoms with van der Waals surface area (Å²) < 4.78 is 36.6. The second-order valence-electron chi connectivity index (χ2n) is 4.65. The van der Waals surface area contributed by atoms with Crippen molar-refractivity contribution in [1.29, 1.82) is 0 Å². The van der Waals surface area contributed by atoms with Gasteiger partial charge < -0.3 is 9.57 Å². The number of benzene rings is 1. The van der Waals surface area contributed by atoms with Crippen molar-refractivity contribution in [2.75, 3.05) is 21.2 Å². The summed E-state index contributed by atoms with van der Waals surface area (Å²) >= 11 is 0. The topological polar surface area (TPSA) is 136 Å². The second-order valence-corrected chi connectivity index (χ2v) is 6.53. The van der Waals surface area contributed by atoms with E-state index < -0.39 is 16.1 Å². The molecule has 12 heteroatoms. The predicted molar refractivity (Wildman–Crippen MR) is 85.1 cm³/mol. The van der Waals surface area contributed by atoms with E-state index in [1.54, 1.807) is 12.1 Å². The van der Waals surface area contributed by atoms with Crippen LogP contribution in [0.1, 0.15) is 5.56 Å². The number of oxime groups is 1.